The summed E-state index contributed by atoms with van der Waals surface area (Å²) < 4.78 is 12.9. The van der Waals surface area contributed by atoms with Crippen molar-refractivity contribution in [3.05, 3.63) is 77.5 Å². The smallest absolute Gasteiger partial charge is 0.259 e. The Morgan fingerprint density at radius 2 is 1.68 bits per heavy atom. The molecular formula is C20H16N2O3. The second kappa shape index (κ2) is 5.41. The third-order valence-corrected chi connectivity index (χ3v) is 4.73. The predicted molar refractivity (Wildman–Crippen MR) is 93.1 cm³/mol. The van der Waals surface area contributed by atoms with E-state index in [4.69, 9.17) is 9.47 Å². The van der Waals surface area contributed by atoms with E-state index in [2.05, 4.69) is 16.7 Å². The van der Waals surface area contributed by atoms with Gasteiger partial charge < -0.3 is 14.0 Å². The molecule has 0 spiro atoms. The largest absolute Gasteiger partial charge is 0.454 e. The molecule has 0 N–H and O–H groups in total. The van der Waals surface area contributed by atoms with Crippen molar-refractivity contribution < 1.29 is 14.3 Å². The van der Waals surface area contributed by atoms with Crippen molar-refractivity contribution in [1.29, 1.82) is 0 Å². The first-order chi connectivity index (χ1) is 12.3. The SMILES string of the molecule is O=C(c1ccc2c(c1)OCO2)N1Cc2ccccc2Cn2cccc21. The van der Waals surface area contributed by atoms with Crippen LogP contribution in [-0.4, -0.2) is 17.3 Å². The summed E-state index contributed by atoms with van der Waals surface area (Å²) in [6.07, 6.45) is 2.01. The second-order valence-electron chi connectivity index (χ2n) is 6.22. The Bertz CT molecular complexity index is 977. The Hall–Kier alpha value is -3.21. The van der Waals surface area contributed by atoms with Crippen LogP contribution >= 0.6 is 0 Å². The molecule has 2 aliphatic rings. The number of hydrogen-bond donors (Lipinski definition) is 0. The lowest BCUT2D eigenvalue weighted by atomic mass is 10.1. The number of carbonyl (C=O) groups excluding carboxylic acids is 1. The number of carbonyl (C=O) groups is 1. The van der Waals surface area contributed by atoms with Crippen LogP contribution in [0.3, 0.4) is 0 Å². The van der Waals surface area contributed by atoms with Crippen LogP contribution in [0.25, 0.3) is 0 Å². The van der Waals surface area contributed by atoms with E-state index in [1.807, 2.05) is 35.4 Å². The van der Waals surface area contributed by atoms with Gasteiger partial charge in [-0.25, -0.2) is 0 Å². The summed E-state index contributed by atoms with van der Waals surface area (Å²) in [5.41, 5.74) is 3.00. The molecule has 5 rings (SSSR count). The van der Waals surface area contributed by atoms with Gasteiger partial charge in [0.05, 0.1) is 6.54 Å². The molecule has 1 amide bonds. The van der Waals surface area contributed by atoms with Crippen molar-refractivity contribution in [3.63, 3.8) is 0 Å². The molecule has 0 radical (unpaired) electrons. The van der Waals surface area contributed by atoms with Crippen molar-refractivity contribution in [1.82, 2.24) is 4.57 Å². The highest BCUT2D eigenvalue weighted by atomic mass is 16.7. The highest BCUT2D eigenvalue weighted by molar-refractivity contribution is 6.06. The van der Waals surface area contributed by atoms with Crippen molar-refractivity contribution in [2.75, 3.05) is 11.7 Å². The van der Waals surface area contributed by atoms with Crippen LogP contribution in [0.15, 0.2) is 60.8 Å². The minimum absolute atomic E-state index is 0.0463. The van der Waals surface area contributed by atoms with E-state index in [9.17, 15) is 4.79 Å². The maximum Gasteiger partial charge on any atom is 0.259 e. The van der Waals surface area contributed by atoms with Crippen LogP contribution in [-0.2, 0) is 13.1 Å². The van der Waals surface area contributed by atoms with E-state index in [0.29, 0.717) is 23.6 Å². The summed E-state index contributed by atoms with van der Waals surface area (Å²) >= 11 is 0. The summed E-state index contributed by atoms with van der Waals surface area (Å²) in [5, 5.41) is 0. The topological polar surface area (TPSA) is 43.7 Å². The van der Waals surface area contributed by atoms with Gasteiger partial charge in [0.15, 0.2) is 11.5 Å². The average Bonchev–Trinajstić information content (AvgIpc) is 3.26. The number of aromatic nitrogens is 1. The standard InChI is InChI=1S/C20H16N2O3/c23-20(14-7-8-17-18(10-14)25-13-24-17)22-12-16-5-2-1-4-15(16)11-21-9-3-6-19(21)22/h1-10H,11-13H2. The summed E-state index contributed by atoms with van der Waals surface area (Å²) in [6.45, 7) is 1.52. The molecule has 5 heteroatoms. The Kier molecular flexibility index (Phi) is 3.06. The zero-order valence-corrected chi connectivity index (χ0v) is 13.5. The lowest BCUT2D eigenvalue weighted by molar-refractivity contribution is 0.0983. The first-order valence-corrected chi connectivity index (χ1v) is 8.23. The summed E-state index contributed by atoms with van der Waals surface area (Å²) in [6, 6.07) is 17.6. The van der Waals surface area contributed by atoms with Gasteiger partial charge in [-0.15, -0.1) is 0 Å². The number of amides is 1. The quantitative estimate of drug-likeness (QED) is 0.686. The van der Waals surface area contributed by atoms with Crippen LogP contribution in [0.5, 0.6) is 11.5 Å². The van der Waals surface area contributed by atoms with E-state index in [-0.39, 0.29) is 12.7 Å². The van der Waals surface area contributed by atoms with Crippen LogP contribution in [0.2, 0.25) is 0 Å². The molecule has 0 saturated carbocycles. The minimum atomic E-state index is -0.0463. The summed E-state index contributed by atoms with van der Waals surface area (Å²) in [4.78, 5) is 15.1. The Balaban J connectivity index is 1.57. The molecule has 5 nitrogen and oxygen atoms in total. The fourth-order valence-corrected chi connectivity index (χ4v) is 3.45. The molecule has 2 aliphatic heterocycles. The average molecular weight is 332 g/mol. The van der Waals surface area contributed by atoms with Gasteiger partial charge in [0, 0.05) is 18.3 Å². The predicted octanol–water partition coefficient (Wildman–Crippen LogP) is 3.43. The van der Waals surface area contributed by atoms with Gasteiger partial charge in [-0.3, -0.25) is 9.69 Å². The molecule has 2 aromatic carbocycles. The third-order valence-electron chi connectivity index (χ3n) is 4.73. The van der Waals surface area contributed by atoms with Crippen LogP contribution in [0, 0.1) is 0 Å². The summed E-state index contributed by atoms with van der Waals surface area (Å²) in [7, 11) is 0. The van der Waals surface area contributed by atoms with Gasteiger partial charge in [-0.1, -0.05) is 24.3 Å². The monoisotopic (exact) mass is 332 g/mol. The normalized spacial score (nSPS) is 14.6. The van der Waals surface area contributed by atoms with E-state index < -0.39 is 0 Å². The molecule has 124 valence electrons. The van der Waals surface area contributed by atoms with E-state index in [1.54, 1.807) is 18.2 Å². The fourth-order valence-electron chi connectivity index (χ4n) is 3.45. The first kappa shape index (κ1) is 14.2. The van der Waals surface area contributed by atoms with E-state index in [0.717, 1.165) is 12.4 Å². The van der Waals surface area contributed by atoms with Gasteiger partial charge >= 0.3 is 0 Å². The van der Waals surface area contributed by atoms with Gasteiger partial charge in [0.1, 0.15) is 5.82 Å². The summed E-state index contributed by atoms with van der Waals surface area (Å²) in [5.74, 6) is 2.16. The molecule has 0 bridgehead atoms. The van der Waals surface area contributed by atoms with Crippen molar-refractivity contribution in [2.24, 2.45) is 0 Å². The number of nitrogens with zero attached hydrogens (tertiary/aromatic N) is 2. The Labute approximate surface area is 145 Å². The Morgan fingerprint density at radius 1 is 0.880 bits per heavy atom. The van der Waals surface area contributed by atoms with Crippen LogP contribution in [0.4, 0.5) is 5.82 Å². The molecule has 25 heavy (non-hydrogen) atoms. The molecule has 3 heterocycles. The van der Waals surface area contributed by atoms with Crippen LogP contribution in [0.1, 0.15) is 21.5 Å². The van der Waals surface area contributed by atoms with Gasteiger partial charge in [-0.05, 0) is 41.5 Å². The molecule has 3 aromatic rings. The third kappa shape index (κ3) is 2.28. The molecule has 0 saturated heterocycles. The number of benzene rings is 2. The Morgan fingerprint density at radius 3 is 2.56 bits per heavy atom. The molecule has 0 atom stereocenters. The van der Waals surface area contributed by atoms with Gasteiger partial charge in [0.25, 0.3) is 5.91 Å². The van der Waals surface area contributed by atoms with Gasteiger partial charge in [-0.2, -0.15) is 0 Å². The fraction of sp³-hybridized carbons (Fsp3) is 0.150. The minimum Gasteiger partial charge on any atom is -0.454 e. The number of ether oxygens (including phenoxy) is 2. The number of rotatable bonds is 1. The molecule has 0 fully saturated rings. The van der Waals surface area contributed by atoms with E-state index >= 15 is 0 Å². The van der Waals surface area contributed by atoms with E-state index in [1.165, 1.54) is 11.1 Å². The lowest BCUT2D eigenvalue weighted by Crippen LogP contribution is -2.31. The van der Waals surface area contributed by atoms with Crippen molar-refractivity contribution in [2.45, 2.75) is 13.1 Å². The number of fused-ring (bicyclic) bond motifs is 3. The maximum atomic E-state index is 13.2. The number of anilines is 1. The first-order valence-electron chi connectivity index (χ1n) is 8.23. The molecule has 0 unspecified atom stereocenters. The molecule has 0 aliphatic carbocycles. The highest BCUT2D eigenvalue weighted by Gasteiger charge is 2.26. The molecular weight excluding hydrogens is 316 g/mol. The van der Waals surface area contributed by atoms with Gasteiger partial charge in [0.2, 0.25) is 6.79 Å². The van der Waals surface area contributed by atoms with Crippen molar-refractivity contribution >= 4 is 11.7 Å². The van der Waals surface area contributed by atoms with Crippen LogP contribution < -0.4 is 14.4 Å². The second-order valence-corrected chi connectivity index (χ2v) is 6.22. The number of hydrogen-bond acceptors (Lipinski definition) is 3. The van der Waals surface area contributed by atoms with Crippen molar-refractivity contribution in [3.8, 4) is 11.5 Å². The zero-order chi connectivity index (χ0) is 16.8. The zero-order valence-electron chi connectivity index (χ0n) is 13.5. The lowest BCUT2D eigenvalue weighted by Gasteiger charge is -2.22. The molecule has 1 aromatic heterocycles. The maximum absolute atomic E-state index is 13.2. The highest BCUT2D eigenvalue weighted by Crippen LogP contribution is 2.34.